The standard InChI is InChI=1S/C19H23NO4/c1-4-24-19(21)12-18(20)15-8-14(10-17(11-15)23-3)13-6-5-7-16(9-13)22-2/h5-11,18H,4,12,20H2,1-3H3/t18-/m0/s1. The molecule has 2 aromatic rings. The lowest BCUT2D eigenvalue weighted by molar-refractivity contribution is -0.143. The molecule has 0 heterocycles. The van der Waals surface area contributed by atoms with Crippen LogP contribution in [0.2, 0.25) is 0 Å². The van der Waals surface area contributed by atoms with Gasteiger partial charge in [-0.3, -0.25) is 4.79 Å². The molecule has 128 valence electrons. The highest BCUT2D eigenvalue weighted by atomic mass is 16.5. The first-order valence-corrected chi connectivity index (χ1v) is 7.82. The zero-order valence-electron chi connectivity index (χ0n) is 14.2. The molecule has 0 unspecified atom stereocenters. The van der Waals surface area contributed by atoms with Gasteiger partial charge in [-0.05, 0) is 53.9 Å². The summed E-state index contributed by atoms with van der Waals surface area (Å²) in [6, 6.07) is 13.0. The summed E-state index contributed by atoms with van der Waals surface area (Å²) < 4.78 is 15.6. The highest BCUT2D eigenvalue weighted by Gasteiger charge is 2.15. The first-order chi connectivity index (χ1) is 11.6. The lowest BCUT2D eigenvalue weighted by Gasteiger charge is -2.15. The van der Waals surface area contributed by atoms with Crippen molar-refractivity contribution in [2.75, 3.05) is 20.8 Å². The van der Waals surface area contributed by atoms with Crippen molar-refractivity contribution >= 4 is 5.97 Å². The normalized spacial score (nSPS) is 11.7. The maximum Gasteiger partial charge on any atom is 0.307 e. The minimum Gasteiger partial charge on any atom is -0.497 e. The Hall–Kier alpha value is -2.53. The fraction of sp³-hybridized carbons (Fsp3) is 0.316. The van der Waals surface area contributed by atoms with Crippen molar-refractivity contribution in [3.63, 3.8) is 0 Å². The molecule has 1 atom stereocenters. The van der Waals surface area contributed by atoms with Crippen LogP contribution in [0.5, 0.6) is 11.5 Å². The predicted molar refractivity (Wildman–Crippen MR) is 93.2 cm³/mol. The lowest BCUT2D eigenvalue weighted by Crippen LogP contribution is -2.17. The van der Waals surface area contributed by atoms with Crippen molar-refractivity contribution in [2.24, 2.45) is 5.73 Å². The molecule has 2 N–H and O–H groups in total. The van der Waals surface area contributed by atoms with Gasteiger partial charge in [0.2, 0.25) is 0 Å². The summed E-state index contributed by atoms with van der Waals surface area (Å²) in [4.78, 5) is 11.7. The van der Waals surface area contributed by atoms with E-state index in [1.54, 1.807) is 21.1 Å². The van der Waals surface area contributed by atoms with Gasteiger partial charge in [-0.25, -0.2) is 0 Å². The Bertz CT molecular complexity index is 700. The zero-order valence-corrected chi connectivity index (χ0v) is 14.2. The van der Waals surface area contributed by atoms with Crippen LogP contribution >= 0.6 is 0 Å². The van der Waals surface area contributed by atoms with E-state index in [0.29, 0.717) is 12.4 Å². The average Bonchev–Trinajstić information content (AvgIpc) is 2.61. The van der Waals surface area contributed by atoms with Crippen molar-refractivity contribution in [3.8, 4) is 22.6 Å². The molecule has 2 aromatic carbocycles. The third-order valence-corrected chi connectivity index (χ3v) is 3.69. The second-order valence-electron chi connectivity index (χ2n) is 5.34. The van der Waals surface area contributed by atoms with Crippen LogP contribution in [-0.4, -0.2) is 26.8 Å². The molecule has 24 heavy (non-hydrogen) atoms. The number of nitrogens with two attached hydrogens (primary N) is 1. The summed E-state index contributed by atoms with van der Waals surface area (Å²) in [5.41, 5.74) is 8.92. The van der Waals surface area contributed by atoms with Crippen LogP contribution in [0, 0.1) is 0 Å². The van der Waals surface area contributed by atoms with Crippen LogP contribution in [-0.2, 0) is 9.53 Å². The highest BCUT2D eigenvalue weighted by Crippen LogP contribution is 2.31. The zero-order chi connectivity index (χ0) is 17.5. The third-order valence-electron chi connectivity index (χ3n) is 3.69. The first kappa shape index (κ1) is 17.8. The van der Waals surface area contributed by atoms with E-state index in [1.807, 2.05) is 42.5 Å². The summed E-state index contributed by atoms with van der Waals surface area (Å²) in [7, 11) is 3.23. The molecular formula is C19H23NO4. The van der Waals surface area contributed by atoms with Gasteiger partial charge in [0.15, 0.2) is 0 Å². The number of carbonyl (C=O) groups is 1. The van der Waals surface area contributed by atoms with Crippen molar-refractivity contribution in [3.05, 3.63) is 48.0 Å². The number of carbonyl (C=O) groups excluding carboxylic acids is 1. The van der Waals surface area contributed by atoms with Gasteiger partial charge >= 0.3 is 5.97 Å². The Morgan fingerprint density at radius 1 is 1.04 bits per heavy atom. The molecule has 5 nitrogen and oxygen atoms in total. The monoisotopic (exact) mass is 329 g/mol. The molecule has 0 aliphatic carbocycles. The number of benzene rings is 2. The molecular weight excluding hydrogens is 306 g/mol. The van der Waals surface area contributed by atoms with Gasteiger partial charge in [0.05, 0.1) is 27.2 Å². The fourth-order valence-electron chi connectivity index (χ4n) is 2.44. The summed E-state index contributed by atoms with van der Waals surface area (Å²) >= 11 is 0. The number of hydrogen-bond acceptors (Lipinski definition) is 5. The summed E-state index contributed by atoms with van der Waals surface area (Å²) in [5, 5.41) is 0. The van der Waals surface area contributed by atoms with Gasteiger partial charge in [0.1, 0.15) is 11.5 Å². The fourth-order valence-corrected chi connectivity index (χ4v) is 2.44. The van der Waals surface area contributed by atoms with Gasteiger partial charge in [-0.15, -0.1) is 0 Å². The Morgan fingerprint density at radius 2 is 1.75 bits per heavy atom. The number of ether oxygens (including phenoxy) is 3. The molecule has 0 aliphatic heterocycles. The molecule has 0 amide bonds. The molecule has 0 radical (unpaired) electrons. The first-order valence-electron chi connectivity index (χ1n) is 7.82. The van der Waals surface area contributed by atoms with Crippen molar-refractivity contribution in [1.82, 2.24) is 0 Å². The van der Waals surface area contributed by atoms with E-state index < -0.39 is 6.04 Å². The van der Waals surface area contributed by atoms with Gasteiger partial charge in [-0.2, -0.15) is 0 Å². The third kappa shape index (κ3) is 4.49. The highest BCUT2D eigenvalue weighted by molar-refractivity contribution is 5.71. The molecule has 0 bridgehead atoms. The molecule has 0 saturated carbocycles. The second-order valence-corrected chi connectivity index (χ2v) is 5.34. The number of methoxy groups -OCH3 is 2. The Morgan fingerprint density at radius 3 is 2.42 bits per heavy atom. The number of rotatable bonds is 7. The predicted octanol–water partition coefficient (Wildman–Crippen LogP) is 3.32. The van der Waals surface area contributed by atoms with Crippen molar-refractivity contribution < 1.29 is 19.0 Å². The van der Waals surface area contributed by atoms with Crippen LogP contribution in [0.25, 0.3) is 11.1 Å². The van der Waals surface area contributed by atoms with Crippen LogP contribution in [0.1, 0.15) is 24.9 Å². The lowest BCUT2D eigenvalue weighted by atomic mass is 9.97. The van der Waals surface area contributed by atoms with Crippen molar-refractivity contribution in [2.45, 2.75) is 19.4 Å². The van der Waals surface area contributed by atoms with Gasteiger partial charge < -0.3 is 19.9 Å². The topological polar surface area (TPSA) is 70.8 Å². The largest absolute Gasteiger partial charge is 0.497 e. The molecule has 0 fully saturated rings. The van der Waals surface area contributed by atoms with E-state index in [0.717, 1.165) is 22.4 Å². The van der Waals surface area contributed by atoms with E-state index in [-0.39, 0.29) is 12.4 Å². The maximum atomic E-state index is 11.7. The Kier molecular flexibility index (Phi) is 6.21. The summed E-state index contributed by atoms with van der Waals surface area (Å²) in [5.74, 6) is 1.15. The van der Waals surface area contributed by atoms with Crippen molar-refractivity contribution in [1.29, 1.82) is 0 Å². The smallest absolute Gasteiger partial charge is 0.307 e. The number of esters is 1. The molecule has 2 rings (SSSR count). The van der Waals surface area contributed by atoms with E-state index >= 15 is 0 Å². The maximum absolute atomic E-state index is 11.7. The van der Waals surface area contributed by atoms with Gasteiger partial charge in [-0.1, -0.05) is 12.1 Å². The molecule has 0 aromatic heterocycles. The minimum atomic E-state index is -0.455. The number of hydrogen-bond donors (Lipinski definition) is 1. The average molecular weight is 329 g/mol. The second kappa shape index (κ2) is 8.36. The Balaban J connectivity index is 2.34. The molecule has 0 aliphatic rings. The van der Waals surface area contributed by atoms with E-state index in [4.69, 9.17) is 19.9 Å². The minimum absolute atomic E-state index is 0.124. The summed E-state index contributed by atoms with van der Waals surface area (Å²) in [6.07, 6.45) is 0.124. The SMILES string of the molecule is CCOC(=O)C[C@H](N)c1cc(OC)cc(-c2cccc(OC)c2)c1. The summed E-state index contributed by atoms with van der Waals surface area (Å²) in [6.45, 7) is 2.12. The van der Waals surface area contributed by atoms with Crippen LogP contribution in [0.15, 0.2) is 42.5 Å². The van der Waals surface area contributed by atoms with E-state index in [9.17, 15) is 4.79 Å². The molecule has 0 spiro atoms. The van der Waals surface area contributed by atoms with Crippen LogP contribution < -0.4 is 15.2 Å². The molecule has 0 saturated heterocycles. The van der Waals surface area contributed by atoms with E-state index in [2.05, 4.69) is 0 Å². The van der Waals surface area contributed by atoms with Crippen LogP contribution in [0.4, 0.5) is 0 Å². The van der Waals surface area contributed by atoms with Crippen LogP contribution in [0.3, 0.4) is 0 Å². The van der Waals surface area contributed by atoms with Gasteiger partial charge in [0, 0.05) is 6.04 Å². The molecule has 5 heteroatoms. The van der Waals surface area contributed by atoms with E-state index in [1.165, 1.54) is 0 Å². The van der Waals surface area contributed by atoms with Gasteiger partial charge in [0.25, 0.3) is 0 Å². The Labute approximate surface area is 142 Å². The quantitative estimate of drug-likeness (QED) is 0.789.